The molecule has 0 aromatic heterocycles. The molecule has 0 atom stereocenters. The van der Waals surface area contributed by atoms with Crippen LogP contribution in [-0.4, -0.2) is 23.1 Å². The standard InChI is InChI=1S/C24H26N.BrH.Mg/c1-24(2,3)22-15-10-16-23(17-22)25(18-20-11-6-4-7-12-20)19-21-13-8-5-9-14-21;;/h4-15,17H,18-19H2,1-3H3;1H;/q-1;;+2/p-1. The minimum absolute atomic E-state index is 0. The molecule has 0 spiro atoms. The fraction of sp³-hybridized carbons (Fsp3) is 0.250. The van der Waals surface area contributed by atoms with Gasteiger partial charge >= 0.3 is 23.1 Å². The zero-order valence-corrected chi connectivity index (χ0v) is 19.5. The molecule has 3 aromatic rings. The van der Waals surface area contributed by atoms with Crippen molar-refractivity contribution in [1.29, 1.82) is 0 Å². The fourth-order valence-corrected chi connectivity index (χ4v) is 2.94. The number of hydrogen-bond donors (Lipinski definition) is 0. The molecule has 3 rings (SSSR count). The minimum atomic E-state index is 0. The van der Waals surface area contributed by atoms with Gasteiger partial charge in [-0.2, -0.15) is 23.8 Å². The Hall–Kier alpha value is -1.29. The van der Waals surface area contributed by atoms with Gasteiger partial charge in [0.2, 0.25) is 0 Å². The van der Waals surface area contributed by atoms with Gasteiger partial charge in [0.25, 0.3) is 0 Å². The van der Waals surface area contributed by atoms with Crippen LogP contribution in [0.25, 0.3) is 0 Å². The van der Waals surface area contributed by atoms with E-state index in [0.717, 1.165) is 18.8 Å². The van der Waals surface area contributed by atoms with Crippen molar-refractivity contribution < 1.29 is 17.0 Å². The maximum Gasteiger partial charge on any atom is 2.00 e. The van der Waals surface area contributed by atoms with E-state index < -0.39 is 0 Å². The van der Waals surface area contributed by atoms with Gasteiger partial charge in [0, 0.05) is 13.1 Å². The Morgan fingerprint density at radius 3 is 1.70 bits per heavy atom. The third kappa shape index (κ3) is 6.98. The summed E-state index contributed by atoms with van der Waals surface area (Å²) < 4.78 is 0. The van der Waals surface area contributed by atoms with E-state index in [4.69, 9.17) is 0 Å². The average Bonchev–Trinajstić information content (AvgIpc) is 2.62. The molecule has 0 saturated heterocycles. The van der Waals surface area contributed by atoms with Gasteiger partial charge in [-0.1, -0.05) is 87.1 Å². The predicted octanol–water partition coefficient (Wildman–Crippen LogP) is 2.61. The van der Waals surface area contributed by atoms with E-state index in [9.17, 15) is 0 Å². The Morgan fingerprint density at radius 2 is 1.26 bits per heavy atom. The summed E-state index contributed by atoms with van der Waals surface area (Å²) >= 11 is 0. The van der Waals surface area contributed by atoms with Crippen molar-refractivity contribution in [2.24, 2.45) is 0 Å². The smallest absolute Gasteiger partial charge is 1.00 e. The van der Waals surface area contributed by atoms with Crippen LogP contribution in [0.15, 0.2) is 78.9 Å². The molecule has 0 amide bonds. The van der Waals surface area contributed by atoms with Gasteiger partial charge in [-0.15, -0.1) is 6.07 Å². The second-order valence-electron chi connectivity index (χ2n) is 7.54. The molecule has 1 nitrogen and oxygen atoms in total. The number of rotatable bonds is 5. The molecule has 0 radical (unpaired) electrons. The molecule has 0 saturated carbocycles. The van der Waals surface area contributed by atoms with E-state index in [1.165, 1.54) is 16.7 Å². The summed E-state index contributed by atoms with van der Waals surface area (Å²) in [6, 6.07) is 31.2. The van der Waals surface area contributed by atoms with Crippen LogP contribution < -0.4 is 21.9 Å². The zero-order valence-electron chi connectivity index (χ0n) is 16.5. The van der Waals surface area contributed by atoms with Gasteiger partial charge < -0.3 is 21.9 Å². The van der Waals surface area contributed by atoms with Crippen LogP contribution in [0.1, 0.15) is 37.5 Å². The first-order chi connectivity index (χ1) is 12.0. The van der Waals surface area contributed by atoms with Gasteiger partial charge in [0.15, 0.2) is 0 Å². The van der Waals surface area contributed by atoms with E-state index >= 15 is 0 Å². The third-order valence-corrected chi connectivity index (χ3v) is 4.43. The molecule has 0 fully saturated rings. The van der Waals surface area contributed by atoms with Crippen LogP contribution in [0.4, 0.5) is 5.69 Å². The summed E-state index contributed by atoms with van der Waals surface area (Å²) in [5.41, 5.74) is 5.25. The topological polar surface area (TPSA) is 3.24 Å². The van der Waals surface area contributed by atoms with Crippen LogP contribution in [0, 0.1) is 6.07 Å². The summed E-state index contributed by atoms with van der Waals surface area (Å²) in [5, 5.41) is 0. The molecule has 0 heterocycles. The first-order valence-corrected chi connectivity index (χ1v) is 8.87. The molecular weight excluding hydrogens is 406 g/mol. The molecule has 3 aromatic carbocycles. The molecular formula is C24H26BrMgN. The van der Waals surface area contributed by atoms with Crippen molar-refractivity contribution in [3.05, 3.63) is 102 Å². The van der Waals surface area contributed by atoms with Crippen molar-refractivity contribution >= 4 is 28.7 Å². The predicted molar refractivity (Wildman–Crippen MR) is 113 cm³/mol. The van der Waals surface area contributed by atoms with Gasteiger partial charge in [-0.3, -0.25) is 0 Å². The summed E-state index contributed by atoms with van der Waals surface area (Å²) in [6.45, 7) is 8.51. The third-order valence-electron chi connectivity index (χ3n) is 4.43. The Balaban J connectivity index is 0.00000182. The maximum absolute atomic E-state index is 3.45. The Labute approximate surface area is 190 Å². The van der Waals surface area contributed by atoms with E-state index in [2.05, 4.69) is 111 Å². The number of halogens is 1. The molecule has 0 aliphatic heterocycles. The Kier molecular flexibility index (Phi) is 9.58. The fourth-order valence-electron chi connectivity index (χ4n) is 2.94. The van der Waals surface area contributed by atoms with Gasteiger partial charge in [-0.25, -0.2) is 0 Å². The van der Waals surface area contributed by atoms with Crippen LogP contribution in [0.5, 0.6) is 0 Å². The van der Waals surface area contributed by atoms with Crippen molar-refractivity contribution in [2.75, 3.05) is 4.90 Å². The van der Waals surface area contributed by atoms with Crippen LogP contribution in [0.2, 0.25) is 0 Å². The summed E-state index contributed by atoms with van der Waals surface area (Å²) in [5.74, 6) is 0. The van der Waals surface area contributed by atoms with Crippen LogP contribution in [0.3, 0.4) is 0 Å². The average molecular weight is 433 g/mol. The van der Waals surface area contributed by atoms with E-state index in [1.807, 2.05) is 0 Å². The number of nitrogens with zero attached hydrogens (tertiary/aromatic N) is 1. The molecule has 0 aliphatic rings. The number of anilines is 1. The zero-order chi connectivity index (χ0) is 17.7. The second kappa shape index (κ2) is 10.9. The number of hydrogen-bond acceptors (Lipinski definition) is 1. The maximum atomic E-state index is 3.45. The Morgan fingerprint density at radius 1 is 0.778 bits per heavy atom. The normalized spacial score (nSPS) is 10.5. The molecule has 0 unspecified atom stereocenters. The molecule has 0 N–H and O–H groups in total. The van der Waals surface area contributed by atoms with Crippen molar-refractivity contribution in [3.63, 3.8) is 0 Å². The van der Waals surface area contributed by atoms with Crippen molar-refractivity contribution in [2.45, 2.75) is 39.3 Å². The van der Waals surface area contributed by atoms with E-state index in [-0.39, 0.29) is 45.4 Å². The number of benzene rings is 3. The van der Waals surface area contributed by atoms with E-state index in [0.29, 0.717) is 0 Å². The Bertz CT molecular complexity index is 756. The first kappa shape index (κ1) is 23.7. The first-order valence-electron chi connectivity index (χ1n) is 8.87. The molecule has 3 heteroatoms. The van der Waals surface area contributed by atoms with Crippen LogP contribution in [-0.2, 0) is 18.5 Å². The molecule has 0 bridgehead atoms. The molecule has 27 heavy (non-hydrogen) atoms. The van der Waals surface area contributed by atoms with Gasteiger partial charge in [-0.05, 0) is 16.5 Å². The quantitative estimate of drug-likeness (QED) is 0.443. The summed E-state index contributed by atoms with van der Waals surface area (Å²) in [7, 11) is 0. The van der Waals surface area contributed by atoms with Gasteiger partial charge in [0.1, 0.15) is 0 Å². The SMILES string of the molecule is CC(C)(C)c1cc[c-]c(N(Cc2ccccc2)Cc2ccccc2)c1.[Br-].[Mg+2]. The summed E-state index contributed by atoms with van der Waals surface area (Å²) in [6.07, 6.45) is 0. The summed E-state index contributed by atoms with van der Waals surface area (Å²) in [4.78, 5) is 2.40. The van der Waals surface area contributed by atoms with Gasteiger partial charge in [0.05, 0.1) is 0 Å². The molecule has 136 valence electrons. The monoisotopic (exact) mass is 431 g/mol. The largest absolute Gasteiger partial charge is 2.00 e. The molecule has 0 aliphatic carbocycles. The van der Waals surface area contributed by atoms with Crippen molar-refractivity contribution in [1.82, 2.24) is 0 Å². The minimum Gasteiger partial charge on any atom is -1.00 e. The van der Waals surface area contributed by atoms with E-state index in [1.54, 1.807) is 0 Å². The van der Waals surface area contributed by atoms with Crippen LogP contribution >= 0.6 is 0 Å². The second-order valence-corrected chi connectivity index (χ2v) is 7.54. The van der Waals surface area contributed by atoms with Crippen molar-refractivity contribution in [3.8, 4) is 0 Å².